The first-order valence-corrected chi connectivity index (χ1v) is 47.6. The molecule has 8 aliphatic heterocycles. The van der Waals surface area contributed by atoms with Crippen molar-refractivity contribution in [2.24, 2.45) is 0 Å². The lowest BCUT2D eigenvalue weighted by molar-refractivity contribution is 1.36. The largest absolute Gasteiger partial charge is 0.376 e. The first-order valence-electron chi connectivity index (χ1n) is 47.6. The van der Waals surface area contributed by atoms with Gasteiger partial charge in [-0.2, -0.15) is 0 Å². The summed E-state index contributed by atoms with van der Waals surface area (Å²) in [6, 6.07) is 179. The van der Waals surface area contributed by atoms with Gasteiger partial charge in [0, 0.05) is 90.0 Å². The zero-order chi connectivity index (χ0) is 88.9. The molecule has 136 heavy (non-hydrogen) atoms. The fraction of sp³-hybridized carbons (Fsp3) is 0. The van der Waals surface area contributed by atoms with Crippen molar-refractivity contribution < 1.29 is 0 Å². The molecular formula is C128H80B4N4. The average Bonchev–Trinajstić information content (AvgIpc) is 0.713. The van der Waals surface area contributed by atoms with E-state index in [0.717, 1.165) is 0 Å². The van der Waals surface area contributed by atoms with Crippen LogP contribution >= 0.6 is 0 Å². The highest BCUT2D eigenvalue weighted by molar-refractivity contribution is 6.95. The third-order valence-corrected chi connectivity index (χ3v) is 30.4. The molecule has 0 saturated carbocycles. The molecule has 8 heteroatoms. The highest BCUT2D eigenvalue weighted by Gasteiger charge is 2.48. The second kappa shape index (κ2) is 30.2. The molecule has 0 bridgehead atoms. The summed E-state index contributed by atoms with van der Waals surface area (Å²) in [6.07, 6.45) is 0. The van der Waals surface area contributed by atoms with Gasteiger partial charge in [-0.25, -0.2) is 0 Å². The average molecular weight is 1720 g/mol. The topological polar surface area (TPSA) is 13.0 Å². The zero-order valence-electron chi connectivity index (χ0n) is 74.3. The molecular weight excluding hydrogens is 1640 g/mol. The molecule has 0 aromatic heterocycles. The second-order valence-corrected chi connectivity index (χ2v) is 37.4. The minimum Gasteiger partial charge on any atom is -0.376 e. The minimum absolute atomic E-state index is 0.138. The lowest BCUT2D eigenvalue weighted by Gasteiger charge is -2.43. The van der Waals surface area contributed by atoms with Gasteiger partial charge in [0.05, 0.1) is 0 Å². The second-order valence-electron chi connectivity index (χ2n) is 37.4. The van der Waals surface area contributed by atoms with Crippen molar-refractivity contribution >= 4 is 203 Å². The van der Waals surface area contributed by atoms with Gasteiger partial charge < -0.3 is 19.2 Å². The monoisotopic (exact) mass is 1720 g/mol. The third kappa shape index (κ3) is 11.5. The Morgan fingerprint density at radius 3 is 0.662 bits per heavy atom. The molecule has 0 atom stereocenters. The van der Waals surface area contributed by atoms with E-state index in [4.69, 9.17) is 0 Å². The van der Waals surface area contributed by atoms with E-state index in [1.807, 2.05) is 0 Å². The molecule has 0 N–H and O–H groups in total. The number of nitrogens with zero attached hydrogens (tertiary/aromatic N) is 4. The summed E-state index contributed by atoms with van der Waals surface area (Å²) < 4.78 is 0. The van der Waals surface area contributed by atoms with Crippen LogP contribution in [-0.4, -0.2) is 27.4 Å². The van der Waals surface area contributed by atoms with Crippen molar-refractivity contribution in [1.82, 2.24) is 0 Å². The van der Waals surface area contributed by atoms with Gasteiger partial charge in [-0.3, -0.25) is 0 Å². The first-order chi connectivity index (χ1) is 67.5. The Balaban J connectivity index is 0.0000000879. The summed E-state index contributed by atoms with van der Waals surface area (Å²) in [5.41, 5.74) is 42.5. The Kier molecular flexibility index (Phi) is 17.0. The SMILES string of the molecule is c1ccc2c(c1)B1c3cc4ccccc4cc3-c3cc4ccccc4cc3N1c1ccccc1-2.c1ccc2c(c1)B1c3cc4ccccc4cc3-c3ccccc3N1c1cc3ccccc3cc1-2.c1ccc2c(c1)B1c3ccc4ccccc4c3-c3cc4ccccc4cc3N1c1ccccc1-2.c1ccc2c(c1)B1c3ccc4ccccc4c3-c3ccccc3N1c1cc3ccccc3cc1-2. The summed E-state index contributed by atoms with van der Waals surface area (Å²) in [7, 11) is 0. The van der Waals surface area contributed by atoms with Crippen LogP contribution in [0.2, 0.25) is 0 Å². The fourth-order valence-electron chi connectivity index (χ4n) is 24.6. The van der Waals surface area contributed by atoms with Gasteiger partial charge in [0.25, 0.3) is 0 Å². The van der Waals surface area contributed by atoms with Crippen LogP contribution in [0.5, 0.6) is 0 Å². The summed E-state index contributed by atoms with van der Waals surface area (Å²) in [4.78, 5) is 10.3. The fourth-order valence-corrected chi connectivity index (χ4v) is 24.6. The van der Waals surface area contributed by atoms with Gasteiger partial charge in [-0.1, -0.05) is 400 Å². The van der Waals surface area contributed by atoms with Gasteiger partial charge in [0.2, 0.25) is 0 Å². The minimum atomic E-state index is 0.138. The molecule has 24 aromatic rings. The number of anilines is 8. The molecule has 0 spiro atoms. The van der Waals surface area contributed by atoms with E-state index in [1.165, 1.54) is 264 Å². The maximum absolute atomic E-state index is 2.58. The molecule has 8 heterocycles. The predicted octanol–water partition coefficient (Wildman–Crippen LogP) is 27.6. The predicted molar refractivity (Wildman–Crippen MR) is 584 cm³/mol. The van der Waals surface area contributed by atoms with Crippen molar-refractivity contribution in [3.8, 4) is 89.0 Å². The molecule has 0 fully saturated rings. The molecule has 24 aromatic carbocycles. The summed E-state index contributed by atoms with van der Waals surface area (Å²) in [5, 5.41) is 20.6. The van der Waals surface area contributed by atoms with E-state index in [9.17, 15) is 0 Å². The molecule has 0 amide bonds. The van der Waals surface area contributed by atoms with Crippen LogP contribution in [0.25, 0.3) is 175 Å². The maximum Gasteiger partial charge on any atom is 0.329 e. The van der Waals surface area contributed by atoms with Crippen molar-refractivity contribution in [1.29, 1.82) is 0 Å². The van der Waals surface area contributed by atoms with Crippen LogP contribution in [0.3, 0.4) is 0 Å². The van der Waals surface area contributed by atoms with E-state index in [-0.39, 0.29) is 27.4 Å². The lowest BCUT2D eigenvalue weighted by atomic mass is 9.43. The van der Waals surface area contributed by atoms with Crippen molar-refractivity contribution in [3.05, 3.63) is 485 Å². The summed E-state index contributed by atoms with van der Waals surface area (Å²) >= 11 is 0. The zero-order valence-corrected chi connectivity index (χ0v) is 74.3. The van der Waals surface area contributed by atoms with Crippen molar-refractivity contribution in [2.75, 3.05) is 19.2 Å². The highest BCUT2D eigenvalue weighted by atomic mass is 15.1. The lowest BCUT2D eigenvalue weighted by Crippen LogP contribution is -2.59. The van der Waals surface area contributed by atoms with Gasteiger partial charge in [0.15, 0.2) is 0 Å². The molecule has 0 saturated heterocycles. The third-order valence-electron chi connectivity index (χ3n) is 30.4. The standard InChI is InChI=1S/4C32H20BN/c1-3-11-23-19-30-27(17-21(23)9-1)26-14-6-8-16-31(26)34-32-20-24-12-4-2-10-22(24)18-28(32)25-13-5-7-15-29(25)33(30)34;1-3-11-23-19-30-27(17-21(23)9-1)28-18-22-10-2-4-12-24(22)20-32(28)34-31-16-8-6-14-26(31)25-13-5-7-15-29(25)33(30)34;1-2-11-23-20-31-27(19-22(23)10-1)25-13-5-7-15-28(25)33-29-18-17-21-9-3-4-12-24(21)32(29)26-14-6-8-16-30(26)34(31)33;1-2-11-23-20-31-27(19-22(23)10-1)32-24-12-4-3-9-21(24)17-18-29(32)33-28-15-7-5-13-25(28)26-14-6-8-16-30(26)34(31)33/h4*1-20H. The normalized spacial score (nSPS) is 13.2. The molecule has 624 valence electrons. The summed E-state index contributed by atoms with van der Waals surface area (Å²) in [5.74, 6) is 0. The molecule has 8 aliphatic rings. The number of rotatable bonds is 0. The van der Waals surface area contributed by atoms with E-state index < -0.39 is 0 Å². The van der Waals surface area contributed by atoms with Gasteiger partial charge in [-0.05, 0) is 259 Å². The van der Waals surface area contributed by atoms with Crippen molar-refractivity contribution in [2.45, 2.75) is 0 Å². The van der Waals surface area contributed by atoms with Crippen LogP contribution in [-0.2, 0) is 0 Å². The van der Waals surface area contributed by atoms with Crippen LogP contribution in [0.1, 0.15) is 0 Å². The van der Waals surface area contributed by atoms with Crippen molar-refractivity contribution in [3.63, 3.8) is 0 Å². The Bertz CT molecular complexity index is 8650. The number of benzene rings is 24. The number of hydrogen-bond acceptors (Lipinski definition) is 4. The van der Waals surface area contributed by atoms with Gasteiger partial charge >= 0.3 is 27.4 Å². The van der Waals surface area contributed by atoms with Crippen LogP contribution in [0.15, 0.2) is 485 Å². The Hall–Kier alpha value is -17.2. The number of hydrogen-bond donors (Lipinski definition) is 0. The first kappa shape index (κ1) is 76.5. The van der Waals surface area contributed by atoms with Crippen LogP contribution in [0, 0.1) is 0 Å². The molecule has 32 rings (SSSR count). The van der Waals surface area contributed by atoms with Crippen LogP contribution < -0.4 is 62.9 Å². The highest BCUT2D eigenvalue weighted by Crippen LogP contribution is 2.55. The maximum atomic E-state index is 2.58. The van der Waals surface area contributed by atoms with E-state index >= 15 is 0 Å². The molecule has 0 unspecified atom stereocenters. The Morgan fingerprint density at radius 1 is 0.110 bits per heavy atom. The van der Waals surface area contributed by atoms with E-state index in [0.29, 0.717) is 0 Å². The van der Waals surface area contributed by atoms with Gasteiger partial charge in [-0.15, -0.1) is 0 Å². The Labute approximate surface area is 790 Å². The van der Waals surface area contributed by atoms with E-state index in [1.54, 1.807) is 0 Å². The quantitative estimate of drug-likeness (QED) is 0.140. The van der Waals surface area contributed by atoms with Crippen LogP contribution in [0.4, 0.5) is 45.5 Å². The smallest absolute Gasteiger partial charge is 0.329 e. The number of para-hydroxylation sites is 4. The molecule has 0 radical (unpaired) electrons. The van der Waals surface area contributed by atoms with Gasteiger partial charge in [0.1, 0.15) is 0 Å². The Morgan fingerprint density at radius 2 is 0.316 bits per heavy atom. The number of fused-ring (bicyclic) bond motifs is 54. The molecule has 4 nitrogen and oxygen atoms in total. The van der Waals surface area contributed by atoms with E-state index in [2.05, 4.69) is 505 Å². The summed E-state index contributed by atoms with van der Waals surface area (Å²) in [6.45, 7) is 0.553. The molecule has 0 aliphatic carbocycles.